The summed E-state index contributed by atoms with van der Waals surface area (Å²) in [6, 6.07) is 6.68. The number of aromatic nitrogens is 4. The van der Waals surface area contributed by atoms with Crippen molar-refractivity contribution in [2.24, 2.45) is 5.73 Å². The topological polar surface area (TPSA) is 95.8 Å². The Hall–Kier alpha value is -2.15. The number of carbonyl (C=O) groups is 1. The molecule has 0 aliphatic heterocycles. The molecule has 1 amide bonds. The van der Waals surface area contributed by atoms with E-state index >= 15 is 0 Å². The van der Waals surface area contributed by atoms with Crippen LogP contribution in [0.2, 0.25) is 5.02 Å². The summed E-state index contributed by atoms with van der Waals surface area (Å²) in [6.07, 6.45) is 0. The highest BCUT2D eigenvalue weighted by molar-refractivity contribution is 6.32. The van der Waals surface area contributed by atoms with Crippen LogP contribution in [0.4, 0.5) is 0 Å². The molecule has 0 bridgehead atoms. The van der Waals surface area contributed by atoms with Gasteiger partial charge in [-0.1, -0.05) is 23.7 Å². The maximum Gasteiger partial charge on any atom is 0.369 e. The zero-order valence-corrected chi connectivity index (χ0v) is 9.33. The lowest BCUT2D eigenvalue weighted by Gasteiger charge is -1.99. The molecule has 0 atom stereocenters. The van der Waals surface area contributed by atoms with Gasteiger partial charge in [0.15, 0.2) is 0 Å². The molecule has 1 aromatic heterocycles. The number of amides is 1. The normalized spacial score (nSPS) is 10.4. The highest BCUT2D eigenvalue weighted by Gasteiger charge is 2.12. The van der Waals surface area contributed by atoms with Crippen LogP contribution in [0, 0.1) is 0 Å². The van der Waals surface area contributed by atoms with Gasteiger partial charge in [0.05, 0.1) is 10.7 Å². The molecule has 0 radical (unpaired) electrons. The number of carbonyl (C=O) groups excluding carboxylic acids is 1. The molecule has 8 heteroatoms. The predicted octanol–water partition coefficient (Wildman–Crippen LogP) is -0.432. The maximum atomic E-state index is 11.8. The van der Waals surface area contributed by atoms with E-state index in [0.717, 1.165) is 9.36 Å². The molecule has 0 saturated carbocycles. The molecule has 0 spiro atoms. The largest absolute Gasteiger partial charge is 0.369 e. The second-order valence-electron chi connectivity index (χ2n) is 3.25. The van der Waals surface area contributed by atoms with Crippen molar-refractivity contribution in [2.75, 3.05) is 0 Å². The second kappa shape index (κ2) is 4.38. The van der Waals surface area contributed by atoms with Crippen LogP contribution in [-0.2, 0) is 11.3 Å². The van der Waals surface area contributed by atoms with E-state index in [1.165, 1.54) is 0 Å². The van der Waals surface area contributed by atoms with Gasteiger partial charge in [0.1, 0.15) is 6.54 Å². The molecule has 0 aliphatic carbocycles. The molecule has 0 fully saturated rings. The molecule has 0 aliphatic rings. The van der Waals surface area contributed by atoms with Crippen LogP contribution in [0.25, 0.3) is 5.69 Å². The summed E-state index contributed by atoms with van der Waals surface area (Å²) in [5, 5.41) is 7.52. The standard InChI is InChI=1S/C9H8ClN5O2/c10-6-3-1-2-4-7(6)15-9(17)14(12-13-15)5-8(11)16/h1-4H,5H2,(H2,11,16). The Morgan fingerprint density at radius 3 is 2.71 bits per heavy atom. The molecule has 2 N–H and O–H groups in total. The Morgan fingerprint density at radius 1 is 1.35 bits per heavy atom. The van der Waals surface area contributed by atoms with Gasteiger partial charge in [-0.25, -0.2) is 4.79 Å². The molecule has 7 nitrogen and oxygen atoms in total. The van der Waals surface area contributed by atoms with Gasteiger partial charge in [0.25, 0.3) is 0 Å². The SMILES string of the molecule is NC(=O)Cn1nnn(-c2ccccc2Cl)c1=O. The number of nitrogens with zero attached hydrogens (tertiary/aromatic N) is 4. The minimum atomic E-state index is -0.668. The Labute approximate surface area is 100 Å². The molecule has 0 saturated heterocycles. The van der Waals surface area contributed by atoms with Crippen molar-refractivity contribution in [3.8, 4) is 5.69 Å². The lowest BCUT2D eigenvalue weighted by Crippen LogP contribution is -2.30. The maximum absolute atomic E-state index is 11.8. The quantitative estimate of drug-likeness (QED) is 0.803. The van der Waals surface area contributed by atoms with E-state index in [9.17, 15) is 9.59 Å². The number of rotatable bonds is 3. The fourth-order valence-electron chi connectivity index (χ4n) is 1.30. The molecule has 2 rings (SSSR count). The Bertz CT molecular complexity index is 618. The third-order valence-corrected chi connectivity index (χ3v) is 2.35. The number of halogens is 1. The average molecular weight is 254 g/mol. The summed E-state index contributed by atoms with van der Waals surface area (Å²) in [5.74, 6) is -0.668. The molecule has 88 valence electrons. The number of hydrogen-bond donors (Lipinski definition) is 1. The Kier molecular flexibility index (Phi) is 2.92. The van der Waals surface area contributed by atoms with Gasteiger partial charge in [-0.3, -0.25) is 4.79 Å². The smallest absolute Gasteiger partial charge is 0.368 e. The number of primary amides is 1. The Balaban J connectivity index is 2.48. The zero-order valence-electron chi connectivity index (χ0n) is 8.58. The molecule has 1 aromatic carbocycles. The third kappa shape index (κ3) is 2.18. The highest BCUT2D eigenvalue weighted by Crippen LogP contribution is 2.16. The van der Waals surface area contributed by atoms with Crippen LogP contribution >= 0.6 is 11.6 Å². The predicted molar refractivity (Wildman–Crippen MR) is 59.8 cm³/mol. The van der Waals surface area contributed by atoms with Crippen molar-refractivity contribution in [3.63, 3.8) is 0 Å². The number of para-hydroxylation sites is 1. The van der Waals surface area contributed by atoms with Crippen LogP contribution in [0.15, 0.2) is 29.1 Å². The second-order valence-corrected chi connectivity index (χ2v) is 3.66. The van der Waals surface area contributed by atoms with Crippen molar-refractivity contribution in [1.29, 1.82) is 0 Å². The van der Waals surface area contributed by atoms with E-state index in [0.29, 0.717) is 10.7 Å². The minimum absolute atomic E-state index is 0.316. The van der Waals surface area contributed by atoms with E-state index in [2.05, 4.69) is 10.4 Å². The van der Waals surface area contributed by atoms with E-state index in [-0.39, 0.29) is 6.54 Å². The number of tetrazole rings is 1. The first kappa shape index (κ1) is 11.3. The summed E-state index contributed by atoms with van der Waals surface area (Å²) < 4.78 is 1.87. The van der Waals surface area contributed by atoms with Crippen LogP contribution < -0.4 is 11.4 Å². The molecule has 17 heavy (non-hydrogen) atoms. The number of nitrogens with two attached hydrogens (primary N) is 1. The van der Waals surface area contributed by atoms with Crippen LogP contribution in [-0.4, -0.2) is 25.7 Å². The molecule has 2 aromatic rings. The van der Waals surface area contributed by atoms with Gasteiger partial charge in [0, 0.05) is 0 Å². The monoisotopic (exact) mass is 253 g/mol. The van der Waals surface area contributed by atoms with E-state index in [1.54, 1.807) is 24.3 Å². The fourth-order valence-corrected chi connectivity index (χ4v) is 1.51. The summed E-state index contributed by atoms with van der Waals surface area (Å²) >= 11 is 5.92. The summed E-state index contributed by atoms with van der Waals surface area (Å²) in [5.41, 5.74) is 4.80. The van der Waals surface area contributed by atoms with Crippen molar-refractivity contribution in [1.82, 2.24) is 19.8 Å². The first-order valence-electron chi connectivity index (χ1n) is 4.65. The first-order chi connectivity index (χ1) is 8.09. The summed E-state index contributed by atoms with van der Waals surface area (Å²) in [4.78, 5) is 22.5. The number of hydrogen-bond acceptors (Lipinski definition) is 4. The van der Waals surface area contributed by atoms with Crippen LogP contribution in [0.5, 0.6) is 0 Å². The van der Waals surface area contributed by atoms with Crippen molar-refractivity contribution >= 4 is 17.5 Å². The molecular weight excluding hydrogens is 246 g/mol. The van der Waals surface area contributed by atoms with E-state index in [4.69, 9.17) is 17.3 Å². The highest BCUT2D eigenvalue weighted by atomic mass is 35.5. The van der Waals surface area contributed by atoms with Gasteiger partial charge in [0.2, 0.25) is 5.91 Å². The van der Waals surface area contributed by atoms with Crippen molar-refractivity contribution < 1.29 is 4.79 Å². The fraction of sp³-hybridized carbons (Fsp3) is 0.111. The van der Waals surface area contributed by atoms with Gasteiger partial charge < -0.3 is 5.73 Å². The lowest BCUT2D eigenvalue weighted by molar-refractivity contribution is -0.118. The third-order valence-electron chi connectivity index (χ3n) is 2.03. The first-order valence-corrected chi connectivity index (χ1v) is 5.03. The minimum Gasteiger partial charge on any atom is -0.368 e. The van der Waals surface area contributed by atoms with E-state index in [1.807, 2.05) is 0 Å². The Morgan fingerprint density at radius 2 is 2.06 bits per heavy atom. The van der Waals surface area contributed by atoms with Gasteiger partial charge >= 0.3 is 5.69 Å². The van der Waals surface area contributed by atoms with Gasteiger partial charge in [-0.05, 0) is 22.6 Å². The van der Waals surface area contributed by atoms with Gasteiger partial charge in [-0.15, -0.1) is 0 Å². The lowest BCUT2D eigenvalue weighted by atomic mass is 10.3. The molecule has 0 unspecified atom stereocenters. The van der Waals surface area contributed by atoms with Crippen LogP contribution in [0.1, 0.15) is 0 Å². The average Bonchev–Trinajstić information content (AvgIpc) is 2.61. The number of benzene rings is 1. The molecule has 1 heterocycles. The van der Waals surface area contributed by atoms with Crippen molar-refractivity contribution in [2.45, 2.75) is 6.54 Å². The van der Waals surface area contributed by atoms with E-state index < -0.39 is 11.6 Å². The summed E-state index contributed by atoms with van der Waals surface area (Å²) in [6.45, 7) is -0.316. The zero-order chi connectivity index (χ0) is 12.4. The summed E-state index contributed by atoms with van der Waals surface area (Å²) in [7, 11) is 0. The van der Waals surface area contributed by atoms with Crippen molar-refractivity contribution in [3.05, 3.63) is 39.8 Å². The molecular formula is C9H8ClN5O2. The van der Waals surface area contributed by atoms with Crippen LogP contribution in [0.3, 0.4) is 0 Å². The van der Waals surface area contributed by atoms with Gasteiger partial charge in [-0.2, -0.15) is 9.36 Å².